The molecule has 3 heterocycles. The summed E-state index contributed by atoms with van der Waals surface area (Å²) in [6, 6.07) is 0. The zero-order valence-corrected chi connectivity index (χ0v) is 10.9. The summed E-state index contributed by atoms with van der Waals surface area (Å²) in [4.78, 5) is 13.4. The molecule has 2 aromatic rings. The van der Waals surface area contributed by atoms with E-state index in [0.717, 1.165) is 39.3 Å². The molecule has 0 aromatic carbocycles. The van der Waals surface area contributed by atoms with Crippen molar-refractivity contribution in [3.8, 4) is 10.8 Å². The van der Waals surface area contributed by atoms with Gasteiger partial charge in [0.1, 0.15) is 5.82 Å². The number of aryl methyl sites for hydroxylation is 1. The van der Waals surface area contributed by atoms with Gasteiger partial charge in [0.15, 0.2) is 10.8 Å². The van der Waals surface area contributed by atoms with Gasteiger partial charge in [0.05, 0.1) is 5.69 Å². The predicted octanol–water partition coefficient (Wildman–Crippen LogP) is 1.94. The van der Waals surface area contributed by atoms with Crippen LogP contribution in [0.5, 0.6) is 0 Å². The second kappa shape index (κ2) is 4.25. The molecule has 0 aliphatic carbocycles. The van der Waals surface area contributed by atoms with E-state index >= 15 is 0 Å². The van der Waals surface area contributed by atoms with Crippen molar-refractivity contribution in [2.24, 2.45) is 5.84 Å². The minimum atomic E-state index is 0.664. The van der Waals surface area contributed by atoms with Crippen LogP contribution in [0.25, 0.3) is 10.8 Å². The maximum atomic E-state index is 5.51. The van der Waals surface area contributed by atoms with Gasteiger partial charge in [-0.1, -0.05) is 0 Å². The Labute approximate surface area is 107 Å². The molecule has 0 saturated carbocycles. The van der Waals surface area contributed by atoms with E-state index in [4.69, 9.17) is 5.84 Å². The van der Waals surface area contributed by atoms with E-state index in [9.17, 15) is 0 Å². The summed E-state index contributed by atoms with van der Waals surface area (Å²) in [5.41, 5.74) is 5.84. The van der Waals surface area contributed by atoms with Crippen molar-refractivity contribution in [2.45, 2.75) is 18.4 Å². The second-order valence-electron chi connectivity index (χ2n) is 3.75. The largest absolute Gasteiger partial charge is 0.308 e. The lowest BCUT2D eigenvalue weighted by molar-refractivity contribution is 1.05. The molecule has 5 nitrogen and oxygen atoms in total. The number of fused-ring (bicyclic) bond motifs is 1. The first-order valence-electron chi connectivity index (χ1n) is 5.14. The van der Waals surface area contributed by atoms with E-state index < -0.39 is 0 Å². The van der Waals surface area contributed by atoms with Gasteiger partial charge in [0.2, 0.25) is 0 Å². The number of rotatable bonds is 2. The third-order valence-corrected chi connectivity index (χ3v) is 4.45. The minimum absolute atomic E-state index is 0.664. The molecule has 0 fully saturated rings. The van der Waals surface area contributed by atoms with Crippen LogP contribution in [0.2, 0.25) is 0 Å². The standard InChI is InChI=1S/C10H11N5S2/c1-5-2-17-10(12-5)9-13-7-4-16-3-6(7)8(14-9)15-11/h2H,3-4,11H2,1H3,(H,13,14,15). The van der Waals surface area contributed by atoms with Crippen LogP contribution in [0.4, 0.5) is 5.82 Å². The number of nitrogens with one attached hydrogen (secondary N) is 1. The molecule has 0 unspecified atom stereocenters. The van der Waals surface area contributed by atoms with E-state index in [1.807, 2.05) is 24.1 Å². The van der Waals surface area contributed by atoms with Crippen molar-refractivity contribution in [2.75, 3.05) is 5.43 Å². The fraction of sp³-hybridized carbons (Fsp3) is 0.300. The summed E-state index contributed by atoms with van der Waals surface area (Å²) in [6.07, 6.45) is 0. The van der Waals surface area contributed by atoms with Gasteiger partial charge in [-0.15, -0.1) is 11.3 Å². The first-order chi connectivity index (χ1) is 8.28. The van der Waals surface area contributed by atoms with Crippen LogP contribution in [-0.2, 0) is 11.5 Å². The normalized spacial score (nSPS) is 13.8. The lowest BCUT2D eigenvalue weighted by atomic mass is 10.2. The van der Waals surface area contributed by atoms with Crippen molar-refractivity contribution in [3.63, 3.8) is 0 Å². The number of hydrogen-bond acceptors (Lipinski definition) is 7. The Hall–Kier alpha value is -1.18. The molecule has 3 rings (SSSR count). The summed E-state index contributed by atoms with van der Waals surface area (Å²) in [7, 11) is 0. The van der Waals surface area contributed by atoms with E-state index in [1.165, 1.54) is 0 Å². The van der Waals surface area contributed by atoms with Crippen molar-refractivity contribution < 1.29 is 0 Å². The summed E-state index contributed by atoms with van der Waals surface area (Å²) >= 11 is 3.38. The molecule has 3 N–H and O–H groups in total. The van der Waals surface area contributed by atoms with Crippen molar-refractivity contribution in [3.05, 3.63) is 22.3 Å². The van der Waals surface area contributed by atoms with E-state index in [1.54, 1.807) is 11.3 Å². The molecule has 88 valence electrons. The summed E-state index contributed by atoms with van der Waals surface area (Å²) in [5, 5.41) is 2.84. The zero-order valence-electron chi connectivity index (χ0n) is 9.23. The smallest absolute Gasteiger partial charge is 0.191 e. The molecule has 7 heteroatoms. The lowest BCUT2D eigenvalue weighted by Crippen LogP contribution is -2.12. The minimum Gasteiger partial charge on any atom is -0.308 e. The van der Waals surface area contributed by atoms with Crippen molar-refractivity contribution in [1.82, 2.24) is 15.0 Å². The number of thioether (sulfide) groups is 1. The summed E-state index contributed by atoms with van der Waals surface area (Å²) in [6.45, 7) is 1.96. The van der Waals surface area contributed by atoms with E-state index in [-0.39, 0.29) is 0 Å². The number of hydrogen-bond donors (Lipinski definition) is 2. The number of nitrogen functional groups attached to an aromatic ring is 1. The van der Waals surface area contributed by atoms with Crippen LogP contribution < -0.4 is 11.3 Å². The zero-order chi connectivity index (χ0) is 11.8. The van der Waals surface area contributed by atoms with Gasteiger partial charge in [-0.05, 0) is 6.92 Å². The first-order valence-corrected chi connectivity index (χ1v) is 7.18. The van der Waals surface area contributed by atoms with Crippen LogP contribution in [-0.4, -0.2) is 15.0 Å². The molecule has 1 aliphatic rings. The van der Waals surface area contributed by atoms with Gasteiger partial charge in [-0.2, -0.15) is 11.8 Å². The number of hydrazine groups is 1. The summed E-state index contributed by atoms with van der Waals surface area (Å²) < 4.78 is 0. The molecule has 0 radical (unpaired) electrons. The molecule has 17 heavy (non-hydrogen) atoms. The molecule has 2 aromatic heterocycles. The highest BCUT2D eigenvalue weighted by Gasteiger charge is 2.20. The fourth-order valence-electron chi connectivity index (χ4n) is 1.72. The van der Waals surface area contributed by atoms with Gasteiger partial charge in [-0.3, -0.25) is 0 Å². The molecule has 0 bridgehead atoms. The maximum absolute atomic E-state index is 5.51. The van der Waals surface area contributed by atoms with Crippen LogP contribution in [0.1, 0.15) is 17.0 Å². The Morgan fingerprint density at radius 3 is 2.88 bits per heavy atom. The Balaban J connectivity index is 2.12. The highest BCUT2D eigenvalue weighted by Crippen LogP contribution is 2.34. The number of anilines is 1. The van der Waals surface area contributed by atoms with Gasteiger partial charge >= 0.3 is 0 Å². The Morgan fingerprint density at radius 1 is 1.29 bits per heavy atom. The molecular formula is C10H11N5S2. The fourth-order valence-corrected chi connectivity index (χ4v) is 3.49. The van der Waals surface area contributed by atoms with Gasteiger partial charge in [0.25, 0.3) is 0 Å². The lowest BCUT2D eigenvalue weighted by Gasteiger charge is -2.06. The molecular weight excluding hydrogens is 254 g/mol. The molecule has 0 spiro atoms. The van der Waals surface area contributed by atoms with Crippen LogP contribution in [0.15, 0.2) is 5.38 Å². The summed E-state index contributed by atoms with van der Waals surface area (Å²) in [5.74, 6) is 8.74. The van der Waals surface area contributed by atoms with Crippen LogP contribution in [0, 0.1) is 6.92 Å². The van der Waals surface area contributed by atoms with Crippen LogP contribution in [0.3, 0.4) is 0 Å². The van der Waals surface area contributed by atoms with E-state index in [0.29, 0.717) is 5.82 Å². The van der Waals surface area contributed by atoms with Crippen LogP contribution >= 0.6 is 23.1 Å². The quantitative estimate of drug-likeness (QED) is 0.638. The second-order valence-corrected chi connectivity index (χ2v) is 5.60. The number of nitrogens with zero attached hydrogens (tertiary/aromatic N) is 3. The average Bonchev–Trinajstić information content (AvgIpc) is 2.95. The Kier molecular flexibility index (Phi) is 2.73. The monoisotopic (exact) mass is 265 g/mol. The molecule has 0 saturated heterocycles. The topological polar surface area (TPSA) is 76.7 Å². The number of thiazole rings is 1. The molecule has 0 amide bonds. The molecule has 1 aliphatic heterocycles. The Bertz CT molecular complexity index is 566. The third-order valence-electron chi connectivity index (χ3n) is 2.52. The number of aromatic nitrogens is 3. The molecule has 0 atom stereocenters. The first kappa shape index (κ1) is 10.9. The highest BCUT2D eigenvalue weighted by atomic mass is 32.2. The van der Waals surface area contributed by atoms with Gasteiger partial charge in [-0.25, -0.2) is 20.8 Å². The van der Waals surface area contributed by atoms with Gasteiger partial charge < -0.3 is 5.43 Å². The predicted molar refractivity (Wildman–Crippen MR) is 70.7 cm³/mol. The third kappa shape index (κ3) is 1.90. The van der Waals surface area contributed by atoms with E-state index in [2.05, 4.69) is 20.4 Å². The maximum Gasteiger partial charge on any atom is 0.191 e. The number of nitrogens with two attached hydrogens (primary N) is 1. The average molecular weight is 265 g/mol. The Morgan fingerprint density at radius 2 is 2.18 bits per heavy atom. The van der Waals surface area contributed by atoms with Crippen molar-refractivity contribution in [1.29, 1.82) is 0 Å². The highest BCUT2D eigenvalue weighted by molar-refractivity contribution is 7.98. The van der Waals surface area contributed by atoms with Crippen molar-refractivity contribution >= 4 is 28.9 Å². The SMILES string of the molecule is Cc1csc(-c2nc3c(c(NN)n2)CSC3)n1. The van der Waals surface area contributed by atoms with Gasteiger partial charge in [0, 0.05) is 28.1 Å².